The fraction of sp³-hybridized carbons (Fsp3) is 0.308. The van der Waals surface area contributed by atoms with Crippen LogP contribution in [0.3, 0.4) is 0 Å². The summed E-state index contributed by atoms with van der Waals surface area (Å²) in [6.07, 6.45) is 0.118. The minimum atomic E-state index is -0.884. The van der Waals surface area contributed by atoms with Crippen molar-refractivity contribution in [3.63, 3.8) is 0 Å². The SMILES string of the molecule is CNC1CCN(c2ccc(N(C)C(O)c3ccc(COc4ccccc4)cc3)cc2F)C1. The van der Waals surface area contributed by atoms with Crippen LogP contribution >= 0.6 is 0 Å². The molecule has 0 amide bonds. The lowest BCUT2D eigenvalue weighted by Crippen LogP contribution is -2.30. The fourth-order valence-corrected chi connectivity index (χ4v) is 4.02. The average molecular weight is 436 g/mol. The number of anilines is 2. The van der Waals surface area contributed by atoms with Crippen molar-refractivity contribution < 1.29 is 14.2 Å². The Labute approximate surface area is 189 Å². The summed E-state index contributed by atoms with van der Waals surface area (Å²) in [7, 11) is 3.70. The number of aliphatic hydroxyl groups is 1. The van der Waals surface area contributed by atoms with Crippen molar-refractivity contribution in [3.8, 4) is 5.75 Å². The molecule has 1 fully saturated rings. The Morgan fingerprint density at radius 1 is 1.12 bits per heavy atom. The largest absolute Gasteiger partial charge is 0.489 e. The van der Waals surface area contributed by atoms with E-state index in [1.165, 1.54) is 6.07 Å². The number of para-hydroxylation sites is 1. The van der Waals surface area contributed by atoms with Crippen LogP contribution in [0.1, 0.15) is 23.8 Å². The number of nitrogens with zero attached hydrogens (tertiary/aromatic N) is 2. The third-order valence-corrected chi connectivity index (χ3v) is 6.07. The second-order valence-corrected chi connectivity index (χ2v) is 8.18. The van der Waals surface area contributed by atoms with Crippen LogP contribution in [0.15, 0.2) is 72.8 Å². The fourth-order valence-electron chi connectivity index (χ4n) is 4.02. The molecule has 1 heterocycles. The topological polar surface area (TPSA) is 48.0 Å². The number of likely N-dealkylation sites (N-methyl/N-ethyl adjacent to an activating group) is 1. The van der Waals surface area contributed by atoms with E-state index in [4.69, 9.17) is 4.74 Å². The predicted octanol–water partition coefficient (Wildman–Crippen LogP) is 4.33. The van der Waals surface area contributed by atoms with Crippen molar-refractivity contribution in [1.82, 2.24) is 5.32 Å². The molecule has 0 spiro atoms. The summed E-state index contributed by atoms with van der Waals surface area (Å²) in [4.78, 5) is 3.73. The van der Waals surface area contributed by atoms with E-state index in [0.717, 1.165) is 36.4 Å². The van der Waals surface area contributed by atoms with Gasteiger partial charge in [-0.1, -0.05) is 42.5 Å². The molecule has 3 aromatic rings. The Morgan fingerprint density at radius 3 is 2.53 bits per heavy atom. The van der Waals surface area contributed by atoms with Crippen LogP contribution in [0.25, 0.3) is 0 Å². The summed E-state index contributed by atoms with van der Waals surface area (Å²) in [5.74, 6) is 0.545. The molecule has 1 aliphatic rings. The van der Waals surface area contributed by atoms with Gasteiger partial charge in [0.2, 0.25) is 0 Å². The van der Waals surface area contributed by atoms with Gasteiger partial charge in [-0.15, -0.1) is 0 Å². The third-order valence-electron chi connectivity index (χ3n) is 6.07. The van der Waals surface area contributed by atoms with Gasteiger partial charge in [0.25, 0.3) is 0 Å². The molecule has 2 N–H and O–H groups in total. The zero-order valence-electron chi connectivity index (χ0n) is 18.5. The first-order valence-electron chi connectivity index (χ1n) is 10.9. The van der Waals surface area contributed by atoms with E-state index in [-0.39, 0.29) is 5.82 Å². The molecule has 0 aromatic heterocycles. The summed E-state index contributed by atoms with van der Waals surface area (Å²) in [5, 5.41) is 14.1. The molecule has 6 heteroatoms. The van der Waals surface area contributed by atoms with Gasteiger partial charge in [-0.2, -0.15) is 0 Å². The quantitative estimate of drug-likeness (QED) is 0.516. The van der Waals surface area contributed by atoms with E-state index in [1.54, 1.807) is 18.0 Å². The molecule has 5 nitrogen and oxygen atoms in total. The zero-order chi connectivity index (χ0) is 22.5. The Hall–Kier alpha value is -3.09. The Balaban J connectivity index is 1.39. The number of rotatable bonds is 8. The number of nitrogens with one attached hydrogen (secondary N) is 1. The van der Waals surface area contributed by atoms with Crippen molar-refractivity contribution in [2.75, 3.05) is 37.0 Å². The lowest BCUT2D eigenvalue weighted by molar-refractivity contribution is 0.178. The van der Waals surface area contributed by atoms with Crippen molar-refractivity contribution in [2.45, 2.75) is 25.3 Å². The van der Waals surface area contributed by atoms with Crippen LogP contribution in [0.4, 0.5) is 15.8 Å². The first-order valence-corrected chi connectivity index (χ1v) is 10.9. The van der Waals surface area contributed by atoms with Crippen molar-refractivity contribution in [1.29, 1.82) is 0 Å². The molecule has 32 heavy (non-hydrogen) atoms. The molecule has 2 unspecified atom stereocenters. The van der Waals surface area contributed by atoms with Crippen LogP contribution in [0.2, 0.25) is 0 Å². The highest BCUT2D eigenvalue weighted by molar-refractivity contribution is 5.58. The van der Waals surface area contributed by atoms with Crippen LogP contribution in [0.5, 0.6) is 5.75 Å². The average Bonchev–Trinajstić information content (AvgIpc) is 3.32. The highest BCUT2D eigenvalue weighted by atomic mass is 19.1. The van der Waals surface area contributed by atoms with E-state index in [9.17, 15) is 9.50 Å². The van der Waals surface area contributed by atoms with Crippen molar-refractivity contribution >= 4 is 11.4 Å². The highest BCUT2D eigenvalue weighted by Gasteiger charge is 2.24. The van der Waals surface area contributed by atoms with E-state index in [2.05, 4.69) is 10.2 Å². The van der Waals surface area contributed by atoms with Gasteiger partial charge in [-0.3, -0.25) is 0 Å². The highest BCUT2D eigenvalue weighted by Crippen LogP contribution is 2.30. The van der Waals surface area contributed by atoms with Crippen LogP contribution < -0.4 is 19.9 Å². The number of hydrogen-bond acceptors (Lipinski definition) is 5. The zero-order valence-corrected chi connectivity index (χ0v) is 18.5. The summed E-state index contributed by atoms with van der Waals surface area (Å²) < 4.78 is 20.6. The van der Waals surface area contributed by atoms with Gasteiger partial charge in [-0.25, -0.2) is 4.39 Å². The number of halogens is 1. The molecule has 2 atom stereocenters. The van der Waals surface area contributed by atoms with E-state index < -0.39 is 6.23 Å². The second-order valence-electron chi connectivity index (χ2n) is 8.18. The van der Waals surface area contributed by atoms with Crippen LogP contribution in [-0.4, -0.2) is 38.3 Å². The molecule has 4 rings (SSSR count). The summed E-state index contributed by atoms with van der Waals surface area (Å²) in [6.45, 7) is 2.08. The normalized spacial score (nSPS) is 16.8. The van der Waals surface area contributed by atoms with Gasteiger partial charge in [0, 0.05) is 37.4 Å². The standard InChI is InChI=1S/C26H30FN3O2/c1-28-21-14-15-30(17-21)25-13-12-22(16-24(25)27)29(2)26(31)20-10-8-19(9-11-20)18-32-23-6-4-3-5-7-23/h3-13,16,21,26,28,31H,14-15,17-18H2,1-2H3. The monoisotopic (exact) mass is 435 g/mol. The first kappa shape index (κ1) is 22.1. The van der Waals surface area contributed by atoms with Gasteiger partial charge >= 0.3 is 0 Å². The lowest BCUT2D eigenvalue weighted by Gasteiger charge is -2.27. The minimum Gasteiger partial charge on any atom is -0.489 e. The Morgan fingerprint density at radius 2 is 1.88 bits per heavy atom. The van der Waals surface area contributed by atoms with E-state index in [0.29, 0.717) is 24.0 Å². The number of ether oxygens (including phenoxy) is 1. The number of benzene rings is 3. The summed E-state index contributed by atoms with van der Waals surface area (Å²) in [6, 6.07) is 22.8. The summed E-state index contributed by atoms with van der Waals surface area (Å²) in [5.41, 5.74) is 2.97. The predicted molar refractivity (Wildman–Crippen MR) is 127 cm³/mol. The molecule has 1 saturated heterocycles. The van der Waals surface area contributed by atoms with E-state index in [1.807, 2.05) is 67.7 Å². The Bertz CT molecular complexity index is 1010. The van der Waals surface area contributed by atoms with Gasteiger partial charge < -0.3 is 25.0 Å². The molecule has 0 radical (unpaired) electrons. The van der Waals surface area contributed by atoms with Crippen molar-refractivity contribution in [2.24, 2.45) is 0 Å². The smallest absolute Gasteiger partial charge is 0.153 e. The molecular weight excluding hydrogens is 405 g/mol. The van der Waals surface area contributed by atoms with Crippen LogP contribution in [0, 0.1) is 5.82 Å². The molecular formula is C26H30FN3O2. The maximum atomic E-state index is 14.9. The molecule has 168 valence electrons. The summed E-state index contributed by atoms with van der Waals surface area (Å²) >= 11 is 0. The van der Waals surface area contributed by atoms with Gasteiger partial charge in [0.15, 0.2) is 6.23 Å². The van der Waals surface area contributed by atoms with Crippen molar-refractivity contribution in [3.05, 3.63) is 89.7 Å². The minimum absolute atomic E-state index is 0.272. The second kappa shape index (κ2) is 10.0. The molecule has 1 aliphatic heterocycles. The maximum absolute atomic E-state index is 14.9. The maximum Gasteiger partial charge on any atom is 0.153 e. The molecule has 0 saturated carbocycles. The van der Waals surface area contributed by atoms with Gasteiger partial charge in [-0.05, 0) is 49.4 Å². The Kier molecular flexibility index (Phi) is 6.93. The van der Waals surface area contributed by atoms with Gasteiger partial charge in [0.05, 0.1) is 5.69 Å². The van der Waals surface area contributed by atoms with E-state index >= 15 is 0 Å². The number of aliphatic hydroxyl groups excluding tert-OH is 1. The van der Waals surface area contributed by atoms with Crippen LogP contribution in [-0.2, 0) is 6.61 Å². The molecule has 0 aliphatic carbocycles. The lowest BCUT2D eigenvalue weighted by atomic mass is 10.1. The first-order chi connectivity index (χ1) is 15.5. The number of hydrogen-bond donors (Lipinski definition) is 2. The molecule has 3 aromatic carbocycles. The third kappa shape index (κ3) is 5.03. The molecule has 0 bridgehead atoms. The van der Waals surface area contributed by atoms with Gasteiger partial charge in [0.1, 0.15) is 18.2 Å².